The summed E-state index contributed by atoms with van der Waals surface area (Å²) in [7, 11) is 0. The third-order valence-electron chi connectivity index (χ3n) is 8.19. The van der Waals surface area contributed by atoms with Crippen molar-refractivity contribution in [1.29, 1.82) is 0 Å². The zero-order chi connectivity index (χ0) is 29.3. The summed E-state index contributed by atoms with van der Waals surface area (Å²) in [5.41, 5.74) is 3.04. The van der Waals surface area contributed by atoms with Crippen molar-refractivity contribution in [2.75, 3.05) is 32.8 Å². The lowest BCUT2D eigenvalue weighted by Crippen LogP contribution is -2.40. The van der Waals surface area contributed by atoms with Crippen LogP contribution in [0.5, 0.6) is 5.75 Å². The molecular formula is C32H43N7O3. The van der Waals surface area contributed by atoms with Crippen LogP contribution >= 0.6 is 0 Å². The first-order chi connectivity index (χ1) is 20.5. The number of hydrogen-bond donors (Lipinski definition) is 2. The zero-order valence-corrected chi connectivity index (χ0v) is 24.8. The number of fused-ring (bicyclic) bond motifs is 1. The molecule has 1 atom stereocenters. The number of H-pyrrole nitrogens is 1. The van der Waals surface area contributed by atoms with Gasteiger partial charge in [0.2, 0.25) is 11.8 Å². The van der Waals surface area contributed by atoms with E-state index in [1.165, 1.54) is 0 Å². The highest BCUT2D eigenvalue weighted by Crippen LogP contribution is 2.28. The number of ether oxygens (including phenoxy) is 1. The average Bonchev–Trinajstić information content (AvgIpc) is 3.51. The van der Waals surface area contributed by atoms with Crippen molar-refractivity contribution in [3.8, 4) is 17.1 Å². The summed E-state index contributed by atoms with van der Waals surface area (Å²) in [6.07, 6.45) is 9.42. The van der Waals surface area contributed by atoms with Crippen molar-refractivity contribution in [3.05, 3.63) is 59.7 Å². The second kappa shape index (κ2) is 14.4. The van der Waals surface area contributed by atoms with E-state index in [4.69, 9.17) is 9.72 Å². The first-order valence-corrected chi connectivity index (χ1v) is 15.3. The van der Waals surface area contributed by atoms with Gasteiger partial charge in [0.15, 0.2) is 5.82 Å². The fraction of sp³-hybridized carbons (Fsp3) is 0.531. The molecular weight excluding hydrogens is 530 g/mol. The number of carbonyl (C=O) groups excluding carboxylic acids is 2. The first kappa shape index (κ1) is 29.7. The molecule has 10 nitrogen and oxygen atoms in total. The summed E-state index contributed by atoms with van der Waals surface area (Å²) < 4.78 is 6.19. The molecule has 0 radical (unpaired) electrons. The minimum absolute atomic E-state index is 0.0608. The topological polar surface area (TPSA) is 116 Å². The number of hydrogen-bond acceptors (Lipinski definition) is 7. The minimum atomic E-state index is 0.0608. The van der Waals surface area contributed by atoms with Gasteiger partial charge in [-0.3, -0.25) is 24.6 Å². The van der Waals surface area contributed by atoms with Gasteiger partial charge >= 0.3 is 0 Å². The van der Waals surface area contributed by atoms with E-state index in [2.05, 4.69) is 51.4 Å². The van der Waals surface area contributed by atoms with Gasteiger partial charge in [-0.15, -0.1) is 0 Å². The van der Waals surface area contributed by atoms with Crippen molar-refractivity contribution >= 4 is 11.8 Å². The number of aromatic nitrogens is 4. The Morgan fingerprint density at radius 1 is 1.14 bits per heavy atom. The van der Waals surface area contributed by atoms with Crippen LogP contribution in [0, 0.1) is 0 Å². The van der Waals surface area contributed by atoms with E-state index in [1.54, 1.807) is 12.4 Å². The molecule has 10 heteroatoms. The van der Waals surface area contributed by atoms with Gasteiger partial charge in [-0.25, -0.2) is 4.98 Å². The molecule has 1 unspecified atom stereocenters. The quantitative estimate of drug-likeness (QED) is 0.456. The number of carbonyl (C=O) groups is 2. The molecule has 4 heterocycles. The van der Waals surface area contributed by atoms with Crippen LogP contribution in [0.2, 0.25) is 0 Å². The number of rotatable bonds is 6. The third kappa shape index (κ3) is 7.94. The SMILES string of the molecule is CC(C)N1CC(=O)NCCCCCOc2ccc(CCC(=O)N3CCCC(c4nc(-c5cccnc5)n[nH]4)C3)cc2C1. The largest absolute Gasteiger partial charge is 0.493 e. The van der Waals surface area contributed by atoms with Gasteiger partial charge in [0.1, 0.15) is 11.6 Å². The van der Waals surface area contributed by atoms with Gasteiger partial charge < -0.3 is 15.0 Å². The molecule has 1 fully saturated rings. The Balaban J connectivity index is 1.22. The number of amides is 2. The highest BCUT2D eigenvalue weighted by molar-refractivity contribution is 5.78. The Hall–Kier alpha value is -3.79. The van der Waals surface area contributed by atoms with Crippen molar-refractivity contribution in [2.24, 2.45) is 0 Å². The highest BCUT2D eigenvalue weighted by Gasteiger charge is 2.27. The second-order valence-corrected chi connectivity index (χ2v) is 11.7. The number of piperidine rings is 1. The molecule has 5 rings (SSSR count). The van der Waals surface area contributed by atoms with Gasteiger partial charge in [0.05, 0.1) is 13.2 Å². The second-order valence-electron chi connectivity index (χ2n) is 11.7. The summed E-state index contributed by atoms with van der Waals surface area (Å²) in [5.74, 6) is 2.68. The predicted octanol–water partition coefficient (Wildman–Crippen LogP) is 4.09. The normalized spacial score (nSPS) is 19.2. The number of nitrogens with zero attached hydrogens (tertiary/aromatic N) is 5. The van der Waals surface area contributed by atoms with E-state index in [0.29, 0.717) is 51.5 Å². The number of aromatic amines is 1. The van der Waals surface area contributed by atoms with E-state index >= 15 is 0 Å². The van der Waals surface area contributed by atoms with Crippen LogP contribution < -0.4 is 10.1 Å². The third-order valence-corrected chi connectivity index (χ3v) is 8.19. The lowest BCUT2D eigenvalue weighted by Gasteiger charge is -2.31. The summed E-state index contributed by atoms with van der Waals surface area (Å²) in [4.78, 5) is 38.9. The smallest absolute Gasteiger partial charge is 0.234 e. The highest BCUT2D eigenvalue weighted by atomic mass is 16.5. The number of likely N-dealkylation sites (tertiary alicyclic amines) is 1. The summed E-state index contributed by atoms with van der Waals surface area (Å²) in [6.45, 7) is 7.97. The van der Waals surface area contributed by atoms with E-state index in [9.17, 15) is 9.59 Å². The van der Waals surface area contributed by atoms with Gasteiger partial charge in [0, 0.05) is 68.1 Å². The van der Waals surface area contributed by atoms with Crippen LogP contribution in [-0.2, 0) is 22.6 Å². The molecule has 0 saturated carbocycles. The maximum absolute atomic E-state index is 13.3. The molecule has 2 aliphatic rings. The summed E-state index contributed by atoms with van der Waals surface area (Å²) in [5, 5.41) is 10.5. The molecule has 0 spiro atoms. The summed E-state index contributed by atoms with van der Waals surface area (Å²) >= 11 is 0. The van der Waals surface area contributed by atoms with E-state index in [0.717, 1.165) is 66.9 Å². The van der Waals surface area contributed by atoms with Gasteiger partial charge in [-0.1, -0.05) is 12.1 Å². The molecule has 3 aromatic rings. The number of aryl methyl sites for hydroxylation is 1. The fourth-order valence-electron chi connectivity index (χ4n) is 5.66. The molecule has 0 aliphatic carbocycles. The van der Waals surface area contributed by atoms with Crippen molar-refractivity contribution < 1.29 is 14.3 Å². The average molecular weight is 574 g/mol. The van der Waals surface area contributed by atoms with Crippen molar-refractivity contribution in [3.63, 3.8) is 0 Å². The van der Waals surface area contributed by atoms with Gasteiger partial charge in [0.25, 0.3) is 0 Å². The van der Waals surface area contributed by atoms with Crippen LogP contribution in [0.4, 0.5) is 0 Å². The first-order valence-electron chi connectivity index (χ1n) is 15.3. The lowest BCUT2D eigenvalue weighted by molar-refractivity contribution is -0.132. The number of nitrogens with one attached hydrogen (secondary N) is 2. The molecule has 0 bridgehead atoms. The maximum Gasteiger partial charge on any atom is 0.234 e. The van der Waals surface area contributed by atoms with Crippen LogP contribution in [-0.4, -0.2) is 80.6 Å². The minimum Gasteiger partial charge on any atom is -0.493 e. The molecule has 42 heavy (non-hydrogen) atoms. The van der Waals surface area contributed by atoms with E-state index < -0.39 is 0 Å². The standard InChI is InChI=1S/C32H43N7O3/c1-23(2)39-21-27-18-24(10-12-28(27)42-17-5-3-4-15-34-29(40)22-39)11-13-30(41)38-16-7-9-26(20-38)32-35-31(36-37-32)25-8-6-14-33-19-25/h6,8,10,12,14,18-19,23,26H,3-5,7,9,11,13,15-17,20-22H2,1-2H3,(H,34,40)(H,35,36,37). The summed E-state index contributed by atoms with van der Waals surface area (Å²) in [6, 6.07) is 10.3. The van der Waals surface area contributed by atoms with Gasteiger partial charge in [-0.05, 0) is 76.1 Å². The van der Waals surface area contributed by atoms with Crippen molar-refractivity contribution in [2.45, 2.75) is 77.3 Å². The zero-order valence-electron chi connectivity index (χ0n) is 24.8. The monoisotopic (exact) mass is 573 g/mol. The Morgan fingerprint density at radius 3 is 2.88 bits per heavy atom. The molecule has 2 aromatic heterocycles. The number of pyridine rings is 1. The Bertz CT molecular complexity index is 1330. The lowest BCUT2D eigenvalue weighted by atomic mass is 9.96. The molecule has 1 aromatic carbocycles. The van der Waals surface area contributed by atoms with E-state index in [-0.39, 0.29) is 23.8 Å². The number of benzene rings is 1. The fourth-order valence-corrected chi connectivity index (χ4v) is 5.66. The Morgan fingerprint density at radius 2 is 2.05 bits per heavy atom. The molecule has 2 aliphatic heterocycles. The molecule has 2 N–H and O–H groups in total. The van der Waals surface area contributed by atoms with Crippen LogP contribution in [0.25, 0.3) is 11.4 Å². The molecule has 2 amide bonds. The van der Waals surface area contributed by atoms with Crippen molar-refractivity contribution in [1.82, 2.24) is 35.3 Å². The predicted molar refractivity (Wildman–Crippen MR) is 161 cm³/mol. The molecule has 1 saturated heterocycles. The van der Waals surface area contributed by atoms with Crippen LogP contribution in [0.3, 0.4) is 0 Å². The Kier molecular flexibility index (Phi) is 10.2. The van der Waals surface area contributed by atoms with Crippen LogP contribution in [0.1, 0.15) is 75.2 Å². The molecule has 224 valence electrons. The van der Waals surface area contributed by atoms with Gasteiger partial charge in [-0.2, -0.15) is 5.10 Å². The van der Waals surface area contributed by atoms with Crippen LogP contribution in [0.15, 0.2) is 42.7 Å². The maximum atomic E-state index is 13.3. The van der Waals surface area contributed by atoms with E-state index in [1.807, 2.05) is 23.1 Å². The Labute approximate surface area is 248 Å².